The van der Waals surface area contributed by atoms with E-state index >= 15 is 0 Å². The molecule has 1 aromatic heterocycles. The van der Waals surface area contributed by atoms with Crippen molar-refractivity contribution < 1.29 is 24.1 Å². The van der Waals surface area contributed by atoms with Crippen LogP contribution in [0.25, 0.3) is 0 Å². The van der Waals surface area contributed by atoms with E-state index in [9.17, 15) is 14.7 Å². The summed E-state index contributed by atoms with van der Waals surface area (Å²) in [6, 6.07) is 35.0. The average Bonchev–Trinajstić information content (AvgIpc) is 3.07. The Bertz CT molecular complexity index is 1680. The lowest BCUT2D eigenvalue weighted by Gasteiger charge is -2.36. The summed E-state index contributed by atoms with van der Waals surface area (Å²) in [5, 5.41) is 13.8. The summed E-state index contributed by atoms with van der Waals surface area (Å²) in [5.74, 6) is 1.13. The Kier molecular flexibility index (Phi) is 9.49. The molecule has 0 fully saturated rings. The fraction of sp³-hybridized carbons (Fsp3) is 0.171. The van der Waals surface area contributed by atoms with Crippen LogP contribution in [-0.2, 0) is 16.9 Å². The van der Waals surface area contributed by atoms with Gasteiger partial charge in [-0.2, -0.15) is 4.98 Å². The third-order valence-corrected chi connectivity index (χ3v) is 7.22. The first-order chi connectivity index (χ1) is 21.4. The van der Waals surface area contributed by atoms with Gasteiger partial charge in [-0.1, -0.05) is 72.8 Å². The number of carbonyl (C=O) groups is 1. The lowest BCUT2D eigenvalue weighted by Crippen LogP contribution is -2.38. The van der Waals surface area contributed by atoms with E-state index in [1.54, 1.807) is 38.5 Å². The second-order valence-corrected chi connectivity index (χ2v) is 10.0. The van der Waals surface area contributed by atoms with Crippen LogP contribution in [-0.4, -0.2) is 47.5 Å². The zero-order chi connectivity index (χ0) is 30.9. The maximum Gasteiger partial charge on any atom is 0.349 e. The van der Waals surface area contributed by atoms with Gasteiger partial charge in [0.05, 0.1) is 33.5 Å². The highest BCUT2D eigenvalue weighted by Crippen LogP contribution is 2.41. The number of anilines is 1. The lowest BCUT2D eigenvalue weighted by atomic mass is 9.80. The molecule has 1 atom stereocenters. The molecule has 9 nitrogen and oxygen atoms in total. The van der Waals surface area contributed by atoms with Gasteiger partial charge in [0.1, 0.15) is 22.9 Å². The van der Waals surface area contributed by atoms with E-state index in [0.29, 0.717) is 17.1 Å². The number of nitrogens with zero attached hydrogens (tertiary/aromatic N) is 2. The summed E-state index contributed by atoms with van der Waals surface area (Å²) >= 11 is 0. The number of aromatic nitrogens is 2. The Hall–Kier alpha value is -5.25. The summed E-state index contributed by atoms with van der Waals surface area (Å²) in [6.45, 7) is -0.194. The molecule has 0 bridgehead atoms. The van der Waals surface area contributed by atoms with Crippen LogP contribution in [0.1, 0.15) is 27.0 Å². The molecule has 4 aromatic carbocycles. The number of aliphatic hydroxyl groups excluding tert-OH is 1. The van der Waals surface area contributed by atoms with Gasteiger partial charge in [0, 0.05) is 11.8 Å². The van der Waals surface area contributed by atoms with E-state index in [1.807, 2.05) is 84.9 Å². The van der Waals surface area contributed by atoms with Gasteiger partial charge in [0.2, 0.25) is 0 Å². The van der Waals surface area contributed by atoms with E-state index in [0.717, 1.165) is 16.7 Å². The number of amides is 1. The molecule has 1 heterocycles. The molecule has 9 heteroatoms. The van der Waals surface area contributed by atoms with Gasteiger partial charge >= 0.3 is 5.69 Å². The highest BCUT2D eigenvalue weighted by Gasteiger charge is 2.38. The van der Waals surface area contributed by atoms with Crippen LogP contribution < -0.4 is 20.5 Å². The van der Waals surface area contributed by atoms with Crippen molar-refractivity contribution in [3.63, 3.8) is 0 Å². The minimum atomic E-state index is -1.12. The largest absolute Gasteiger partial charge is 0.497 e. The second kappa shape index (κ2) is 13.8. The van der Waals surface area contributed by atoms with Crippen molar-refractivity contribution in [3.8, 4) is 11.5 Å². The molecule has 0 radical (unpaired) electrons. The van der Waals surface area contributed by atoms with Crippen molar-refractivity contribution in [1.29, 1.82) is 0 Å². The third-order valence-electron chi connectivity index (χ3n) is 7.22. The van der Waals surface area contributed by atoms with Crippen molar-refractivity contribution in [3.05, 3.63) is 154 Å². The molecule has 44 heavy (non-hydrogen) atoms. The maximum absolute atomic E-state index is 12.8. The fourth-order valence-electron chi connectivity index (χ4n) is 4.99. The SMILES string of the molecule is COc1ccc(C(OCC(O)Cn2ccc(NC(=O)c3ccccc3)nc2=O)(c2ccccc2)c2ccc(OC)cc2)cc1. The monoisotopic (exact) mass is 591 g/mol. The third kappa shape index (κ3) is 6.70. The molecular weight excluding hydrogens is 558 g/mol. The summed E-state index contributed by atoms with van der Waals surface area (Å²) in [5.41, 5.74) is 1.20. The number of aliphatic hydroxyl groups is 1. The Labute approximate surface area is 255 Å². The number of hydrogen-bond donors (Lipinski definition) is 2. The first-order valence-electron chi connectivity index (χ1n) is 14.0. The van der Waals surface area contributed by atoms with E-state index in [4.69, 9.17) is 14.2 Å². The highest BCUT2D eigenvalue weighted by molar-refractivity contribution is 6.03. The van der Waals surface area contributed by atoms with Crippen molar-refractivity contribution >= 4 is 11.7 Å². The van der Waals surface area contributed by atoms with Crippen LogP contribution in [0.5, 0.6) is 11.5 Å². The van der Waals surface area contributed by atoms with Gasteiger partial charge in [0.25, 0.3) is 5.91 Å². The maximum atomic E-state index is 12.8. The minimum Gasteiger partial charge on any atom is -0.497 e. The van der Waals surface area contributed by atoms with Crippen LogP contribution in [0.3, 0.4) is 0 Å². The molecular formula is C35H33N3O6. The number of hydrogen-bond acceptors (Lipinski definition) is 7. The molecule has 224 valence electrons. The highest BCUT2D eigenvalue weighted by atomic mass is 16.5. The number of rotatable bonds is 12. The van der Waals surface area contributed by atoms with Gasteiger partial charge in [-0.05, 0) is 59.2 Å². The number of ether oxygens (including phenoxy) is 3. The lowest BCUT2D eigenvalue weighted by molar-refractivity contribution is -0.0426. The zero-order valence-electron chi connectivity index (χ0n) is 24.4. The van der Waals surface area contributed by atoms with Crippen LogP contribution in [0.4, 0.5) is 5.82 Å². The quantitative estimate of drug-likeness (QED) is 0.199. The van der Waals surface area contributed by atoms with Gasteiger partial charge < -0.3 is 24.6 Å². The molecule has 1 unspecified atom stereocenters. The summed E-state index contributed by atoms with van der Waals surface area (Å²) in [4.78, 5) is 29.2. The van der Waals surface area contributed by atoms with Crippen molar-refractivity contribution in [2.24, 2.45) is 0 Å². The van der Waals surface area contributed by atoms with E-state index in [-0.39, 0.29) is 24.9 Å². The molecule has 0 saturated carbocycles. The molecule has 5 aromatic rings. The summed E-state index contributed by atoms with van der Waals surface area (Å²) < 4.78 is 18.8. The summed E-state index contributed by atoms with van der Waals surface area (Å²) in [7, 11) is 3.21. The minimum absolute atomic E-state index is 0.0746. The second-order valence-electron chi connectivity index (χ2n) is 10.0. The molecule has 0 aliphatic heterocycles. The van der Waals surface area contributed by atoms with Gasteiger partial charge in [0.15, 0.2) is 0 Å². The molecule has 0 aliphatic rings. The topological polar surface area (TPSA) is 112 Å². The standard InChI is InChI=1S/C35H33N3O6/c1-42-30-17-13-27(14-18-30)35(26-11-7-4-8-12-26,28-15-19-31(43-2)20-16-28)44-24-29(39)23-38-22-21-32(37-34(38)41)36-33(40)25-9-5-3-6-10-25/h3-22,29,39H,23-24H2,1-2H3,(H,36,37,40,41). The molecule has 0 aliphatic carbocycles. The van der Waals surface area contributed by atoms with E-state index < -0.39 is 17.4 Å². The van der Waals surface area contributed by atoms with Crippen LogP contribution >= 0.6 is 0 Å². The van der Waals surface area contributed by atoms with E-state index in [2.05, 4.69) is 10.3 Å². The van der Waals surface area contributed by atoms with Gasteiger partial charge in [-0.3, -0.25) is 9.36 Å². The predicted octanol–water partition coefficient (Wildman–Crippen LogP) is 4.88. The van der Waals surface area contributed by atoms with Crippen LogP contribution in [0, 0.1) is 0 Å². The van der Waals surface area contributed by atoms with Crippen molar-refractivity contribution in [2.45, 2.75) is 18.2 Å². The van der Waals surface area contributed by atoms with E-state index in [1.165, 1.54) is 16.8 Å². The number of methoxy groups -OCH3 is 2. The normalized spacial score (nSPS) is 11.9. The smallest absolute Gasteiger partial charge is 0.349 e. The zero-order valence-corrected chi connectivity index (χ0v) is 24.4. The molecule has 0 spiro atoms. The van der Waals surface area contributed by atoms with Gasteiger partial charge in [-0.15, -0.1) is 0 Å². The number of nitrogens with one attached hydrogen (secondary N) is 1. The predicted molar refractivity (Wildman–Crippen MR) is 167 cm³/mol. The molecule has 2 N–H and O–H groups in total. The fourth-order valence-corrected chi connectivity index (χ4v) is 4.99. The molecule has 0 saturated heterocycles. The average molecular weight is 592 g/mol. The van der Waals surface area contributed by atoms with Crippen LogP contribution in [0.15, 0.2) is 126 Å². The Morgan fingerprint density at radius 1 is 0.795 bits per heavy atom. The van der Waals surface area contributed by atoms with Crippen molar-refractivity contribution in [1.82, 2.24) is 9.55 Å². The first-order valence-corrected chi connectivity index (χ1v) is 14.0. The number of benzene rings is 4. The van der Waals surface area contributed by atoms with Gasteiger partial charge in [-0.25, -0.2) is 4.79 Å². The molecule has 5 rings (SSSR count). The first kappa shape index (κ1) is 30.2. The summed E-state index contributed by atoms with van der Waals surface area (Å²) in [6.07, 6.45) is 0.412. The van der Waals surface area contributed by atoms with Crippen molar-refractivity contribution in [2.75, 3.05) is 26.1 Å². The van der Waals surface area contributed by atoms with Crippen LogP contribution in [0.2, 0.25) is 0 Å². The Morgan fingerprint density at radius 2 is 1.32 bits per heavy atom. The Balaban J connectivity index is 1.41. The molecule has 1 amide bonds. The number of carbonyl (C=O) groups excluding carboxylic acids is 1. The Morgan fingerprint density at radius 3 is 1.84 bits per heavy atom.